The molecule has 4 rings (SSSR count). The Morgan fingerprint density at radius 2 is 1.91 bits per heavy atom. The van der Waals surface area contributed by atoms with Gasteiger partial charge in [0, 0.05) is 41.5 Å². The predicted octanol–water partition coefficient (Wildman–Crippen LogP) is 3.52. The first kappa shape index (κ1) is 12.8. The number of hydrogen-bond acceptors (Lipinski definition) is 4. The summed E-state index contributed by atoms with van der Waals surface area (Å²) in [4.78, 5) is 8.77. The van der Waals surface area contributed by atoms with Gasteiger partial charge in [-0.05, 0) is 30.7 Å². The second-order valence-corrected chi connectivity index (χ2v) is 5.31. The van der Waals surface area contributed by atoms with E-state index in [0.29, 0.717) is 0 Å². The SMILES string of the molecule is CNc1cncc(-c2ccc3ncc4n[nH]c(C)c4c3c2)c1. The Labute approximate surface area is 127 Å². The summed E-state index contributed by atoms with van der Waals surface area (Å²) in [5, 5.41) is 12.7. The molecule has 0 amide bonds. The summed E-state index contributed by atoms with van der Waals surface area (Å²) in [5.74, 6) is 0. The van der Waals surface area contributed by atoms with Gasteiger partial charge >= 0.3 is 0 Å². The Morgan fingerprint density at radius 3 is 2.77 bits per heavy atom. The van der Waals surface area contributed by atoms with E-state index in [2.05, 4.69) is 43.7 Å². The van der Waals surface area contributed by atoms with E-state index in [1.807, 2.05) is 38.6 Å². The predicted molar refractivity (Wildman–Crippen MR) is 88.9 cm³/mol. The van der Waals surface area contributed by atoms with E-state index in [9.17, 15) is 0 Å². The van der Waals surface area contributed by atoms with Crippen molar-refractivity contribution in [2.75, 3.05) is 12.4 Å². The number of nitrogens with one attached hydrogen (secondary N) is 2. The molecule has 0 unspecified atom stereocenters. The van der Waals surface area contributed by atoms with Crippen molar-refractivity contribution in [2.45, 2.75) is 6.92 Å². The lowest BCUT2D eigenvalue weighted by atomic mass is 10.0. The summed E-state index contributed by atoms with van der Waals surface area (Å²) in [7, 11) is 1.89. The fourth-order valence-corrected chi connectivity index (χ4v) is 2.78. The summed E-state index contributed by atoms with van der Waals surface area (Å²) in [5.41, 5.74) is 6.11. The Kier molecular flexibility index (Phi) is 2.79. The number of hydrogen-bond donors (Lipinski definition) is 2. The second kappa shape index (κ2) is 4.80. The van der Waals surface area contributed by atoms with Gasteiger partial charge in [0.1, 0.15) is 5.52 Å². The Morgan fingerprint density at radius 1 is 1.00 bits per heavy atom. The van der Waals surface area contributed by atoms with Gasteiger partial charge in [-0.25, -0.2) is 0 Å². The summed E-state index contributed by atoms with van der Waals surface area (Å²) in [6.07, 6.45) is 5.49. The van der Waals surface area contributed by atoms with Crippen LogP contribution in [0.4, 0.5) is 5.69 Å². The Hall–Kier alpha value is -2.95. The van der Waals surface area contributed by atoms with Crippen LogP contribution in [0.15, 0.2) is 42.9 Å². The highest BCUT2D eigenvalue weighted by atomic mass is 15.1. The molecular weight excluding hydrogens is 274 g/mol. The van der Waals surface area contributed by atoms with E-state index in [1.54, 1.807) is 0 Å². The monoisotopic (exact) mass is 289 g/mol. The van der Waals surface area contributed by atoms with Gasteiger partial charge < -0.3 is 5.32 Å². The van der Waals surface area contributed by atoms with Crippen LogP contribution in [0, 0.1) is 6.92 Å². The number of H-pyrrole nitrogens is 1. The highest BCUT2D eigenvalue weighted by Gasteiger charge is 2.09. The molecule has 0 aliphatic rings. The van der Waals surface area contributed by atoms with Crippen LogP contribution in [0.3, 0.4) is 0 Å². The number of benzene rings is 1. The number of anilines is 1. The molecule has 2 N–H and O–H groups in total. The Balaban J connectivity index is 1.99. The molecule has 22 heavy (non-hydrogen) atoms. The number of aromatic amines is 1. The van der Waals surface area contributed by atoms with Crippen LogP contribution in [-0.4, -0.2) is 27.2 Å². The van der Waals surface area contributed by atoms with Gasteiger partial charge in [0.2, 0.25) is 0 Å². The summed E-state index contributed by atoms with van der Waals surface area (Å²) in [6.45, 7) is 2.03. The van der Waals surface area contributed by atoms with Crippen LogP contribution < -0.4 is 5.32 Å². The highest BCUT2D eigenvalue weighted by Crippen LogP contribution is 2.29. The van der Waals surface area contributed by atoms with Crippen molar-refractivity contribution in [1.82, 2.24) is 20.2 Å². The first-order valence-corrected chi connectivity index (χ1v) is 7.13. The van der Waals surface area contributed by atoms with Gasteiger partial charge in [0.15, 0.2) is 0 Å². The second-order valence-electron chi connectivity index (χ2n) is 5.31. The first-order chi connectivity index (χ1) is 10.8. The molecule has 0 radical (unpaired) electrons. The summed E-state index contributed by atoms with van der Waals surface area (Å²) < 4.78 is 0. The minimum Gasteiger partial charge on any atom is -0.387 e. The fraction of sp³-hybridized carbons (Fsp3) is 0.118. The molecule has 5 nitrogen and oxygen atoms in total. The molecule has 4 aromatic rings. The van der Waals surface area contributed by atoms with Gasteiger partial charge in [-0.1, -0.05) is 6.07 Å². The zero-order chi connectivity index (χ0) is 15.1. The van der Waals surface area contributed by atoms with Crippen molar-refractivity contribution < 1.29 is 0 Å². The quantitative estimate of drug-likeness (QED) is 0.592. The largest absolute Gasteiger partial charge is 0.387 e. The normalized spacial score (nSPS) is 11.2. The molecule has 5 heteroatoms. The van der Waals surface area contributed by atoms with E-state index in [1.165, 1.54) is 0 Å². The van der Waals surface area contributed by atoms with E-state index >= 15 is 0 Å². The number of aryl methyl sites for hydroxylation is 1. The number of pyridine rings is 2. The van der Waals surface area contributed by atoms with Crippen molar-refractivity contribution in [3.8, 4) is 11.1 Å². The molecule has 0 aliphatic heterocycles. The first-order valence-electron chi connectivity index (χ1n) is 7.13. The van der Waals surface area contributed by atoms with Gasteiger partial charge in [0.05, 0.1) is 17.4 Å². The summed E-state index contributed by atoms with van der Waals surface area (Å²) >= 11 is 0. The maximum absolute atomic E-state index is 4.48. The lowest BCUT2D eigenvalue weighted by Crippen LogP contribution is -1.90. The number of aromatic nitrogens is 4. The minimum absolute atomic E-state index is 0.893. The van der Waals surface area contributed by atoms with Crippen molar-refractivity contribution in [2.24, 2.45) is 0 Å². The lowest BCUT2D eigenvalue weighted by molar-refractivity contribution is 1.07. The number of nitrogens with zero attached hydrogens (tertiary/aromatic N) is 3. The summed E-state index contributed by atoms with van der Waals surface area (Å²) in [6, 6.07) is 8.36. The van der Waals surface area contributed by atoms with Crippen LogP contribution in [0.25, 0.3) is 32.9 Å². The lowest BCUT2D eigenvalue weighted by Gasteiger charge is -2.06. The topological polar surface area (TPSA) is 66.5 Å². The van der Waals surface area contributed by atoms with E-state index in [-0.39, 0.29) is 0 Å². The van der Waals surface area contributed by atoms with Gasteiger partial charge in [0.25, 0.3) is 0 Å². The van der Waals surface area contributed by atoms with Crippen LogP contribution in [0.2, 0.25) is 0 Å². The molecular formula is C17H15N5. The van der Waals surface area contributed by atoms with Crippen molar-refractivity contribution in [3.05, 3.63) is 48.5 Å². The molecule has 3 aromatic heterocycles. The molecule has 1 aromatic carbocycles. The molecule has 0 saturated carbocycles. The molecule has 0 atom stereocenters. The standard InChI is InChI=1S/C17H15N5/c1-10-17-14-6-11(12-5-13(18-2)8-19-7-12)3-4-15(14)20-9-16(17)22-21-10/h3-9,18H,1-2H3,(H,21,22). The van der Waals surface area contributed by atoms with E-state index in [4.69, 9.17) is 0 Å². The smallest absolute Gasteiger partial charge is 0.111 e. The van der Waals surface area contributed by atoms with Crippen LogP contribution in [0.1, 0.15) is 5.69 Å². The van der Waals surface area contributed by atoms with Gasteiger partial charge in [-0.2, -0.15) is 5.10 Å². The Bertz CT molecular complexity index is 987. The third-order valence-corrected chi connectivity index (χ3v) is 3.93. The van der Waals surface area contributed by atoms with Crippen LogP contribution in [0.5, 0.6) is 0 Å². The minimum atomic E-state index is 0.893. The molecule has 0 spiro atoms. The third-order valence-electron chi connectivity index (χ3n) is 3.93. The molecule has 108 valence electrons. The zero-order valence-electron chi connectivity index (χ0n) is 12.4. The average molecular weight is 289 g/mol. The zero-order valence-corrected chi connectivity index (χ0v) is 12.4. The van der Waals surface area contributed by atoms with Crippen LogP contribution in [-0.2, 0) is 0 Å². The highest BCUT2D eigenvalue weighted by molar-refractivity contribution is 6.06. The third kappa shape index (κ3) is 1.90. The van der Waals surface area contributed by atoms with Gasteiger partial charge in [-0.3, -0.25) is 15.1 Å². The van der Waals surface area contributed by atoms with Gasteiger partial charge in [-0.15, -0.1) is 0 Å². The maximum Gasteiger partial charge on any atom is 0.111 e. The molecule has 3 heterocycles. The fourth-order valence-electron chi connectivity index (χ4n) is 2.78. The molecule has 0 bridgehead atoms. The molecule has 0 saturated heterocycles. The van der Waals surface area contributed by atoms with E-state index < -0.39 is 0 Å². The number of fused-ring (bicyclic) bond motifs is 3. The number of rotatable bonds is 2. The average Bonchev–Trinajstić information content (AvgIpc) is 2.96. The molecule has 0 aliphatic carbocycles. The maximum atomic E-state index is 4.48. The van der Waals surface area contributed by atoms with E-state index in [0.717, 1.165) is 44.3 Å². The van der Waals surface area contributed by atoms with Crippen molar-refractivity contribution >= 4 is 27.5 Å². The van der Waals surface area contributed by atoms with Crippen LogP contribution >= 0.6 is 0 Å². The van der Waals surface area contributed by atoms with Crippen molar-refractivity contribution in [1.29, 1.82) is 0 Å². The molecule has 0 fully saturated rings. The van der Waals surface area contributed by atoms with Crippen molar-refractivity contribution in [3.63, 3.8) is 0 Å².